The Labute approximate surface area is 131 Å². The van der Waals surface area contributed by atoms with Gasteiger partial charge in [-0.3, -0.25) is 10.1 Å². The summed E-state index contributed by atoms with van der Waals surface area (Å²) in [5, 5.41) is 20.4. The summed E-state index contributed by atoms with van der Waals surface area (Å²) in [7, 11) is -3.93. The van der Waals surface area contributed by atoms with Gasteiger partial charge in [-0.1, -0.05) is 6.07 Å². The largest absolute Gasteiger partial charge is 0.384 e. The quantitative estimate of drug-likeness (QED) is 0.504. The number of nitro benzene ring substituents is 1. The molecule has 0 spiro atoms. The molecule has 3 N–H and O–H groups in total. The van der Waals surface area contributed by atoms with Crippen molar-refractivity contribution in [1.29, 1.82) is 0 Å². The molecular weight excluding hydrogens is 330 g/mol. The number of alkyl halides is 1. The van der Waals surface area contributed by atoms with Crippen LogP contribution < -0.4 is 10.5 Å². The molecule has 1 aliphatic rings. The van der Waals surface area contributed by atoms with Crippen molar-refractivity contribution in [2.45, 2.75) is 10.8 Å². The number of benzene rings is 2. The average molecular weight is 342 g/mol. The Kier molecular flexibility index (Phi) is 3.47. The normalized spacial score (nSPS) is 17.3. The van der Waals surface area contributed by atoms with E-state index in [1.54, 1.807) is 6.07 Å². The third kappa shape index (κ3) is 2.29. The number of hydrogen-bond donors (Lipinski definition) is 2. The van der Waals surface area contributed by atoms with E-state index in [4.69, 9.17) is 16.7 Å². The van der Waals surface area contributed by atoms with E-state index in [9.17, 15) is 18.5 Å². The molecule has 22 heavy (non-hydrogen) atoms. The molecule has 1 unspecified atom stereocenters. The van der Waals surface area contributed by atoms with E-state index >= 15 is 0 Å². The summed E-state index contributed by atoms with van der Waals surface area (Å²) in [4.78, 5) is 10.6. The molecule has 116 valence electrons. The second-order valence-electron chi connectivity index (χ2n) is 5.10. The Morgan fingerprint density at radius 2 is 2.09 bits per heavy atom. The summed E-state index contributed by atoms with van der Waals surface area (Å²) >= 11 is 5.95. The minimum atomic E-state index is -3.93. The molecule has 0 saturated carbocycles. The number of nitro groups is 1. The minimum Gasteiger partial charge on any atom is -0.384 e. The standard InChI is InChI=1S/C13H12ClN3O4S/c14-5-7-6-16-11-4-12(17(18)19)10-3-8(22(15,20)21)1-2-9(10)13(7)11/h1-4,7,16H,5-6H2,(H2,15,20,21). The zero-order chi connectivity index (χ0) is 16.1. The van der Waals surface area contributed by atoms with E-state index < -0.39 is 14.9 Å². The smallest absolute Gasteiger partial charge is 0.279 e. The highest BCUT2D eigenvalue weighted by molar-refractivity contribution is 7.89. The van der Waals surface area contributed by atoms with Gasteiger partial charge in [0.15, 0.2) is 0 Å². The monoisotopic (exact) mass is 341 g/mol. The van der Waals surface area contributed by atoms with Gasteiger partial charge in [-0.2, -0.15) is 0 Å². The highest BCUT2D eigenvalue weighted by atomic mass is 35.5. The number of rotatable bonds is 3. The molecule has 1 atom stereocenters. The first-order chi connectivity index (χ1) is 10.3. The molecule has 1 aliphatic heterocycles. The van der Waals surface area contributed by atoms with Crippen LogP contribution in [0.1, 0.15) is 11.5 Å². The summed E-state index contributed by atoms with van der Waals surface area (Å²) in [6.07, 6.45) is 0. The third-order valence-corrected chi connectivity index (χ3v) is 5.07. The topological polar surface area (TPSA) is 115 Å². The summed E-state index contributed by atoms with van der Waals surface area (Å²) in [5.74, 6) is 0.379. The number of nitrogens with one attached hydrogen (secondary N) is 1. The van der Waals surface area contributed by atoms with Crippen LogP contribution in [0, 0.1) is 10.1 Å². The maximum absolute atomic E-state index is 11.5. The van der Waals surface area contributed by atoms with Crippen LogP contribution in [0.5, 0.6) is 0 Å². The van der Waals surface area contributed by atoms with Gasteiger partial charge < -0.3 is 5.32 Å². The fraction of sp³-hybridized carbons (Fsp3) is 0.231. The fourth-order valence-corrected chi connectivity index (χ4v) is 3.59. The Morgan fingerprint density at radius 3 is 2.68 bits per heavy atom. The van der Waals surface area contributed by atoms with Crippen LogP contribution in [0.2, 0.25) is 0 Å². The van der Waals surface area contributed by atoms with Crippen molar-refractivity contribution in [3.8, 4) is 0 Å². The Bertz CT molecular complexity index is 898. The Hall–Kier alpha value is -1.90. The molecule has 0 saturated heterocycles. The number of sulfonamides is 1. The Balaban J connectivity index is 2.40. The maximum atomic E-state index is 11.5. The number of nitrogens with zero attached hydrogens (tertiary/aromatic N) is 1. The number of hydrogen-bond acceptors (Lipinski definition) is 5. The maximum Gasteiger partial charge on any atom is 0.279 e. The van der Waals surface area contributed by atoms with E-state index in [-0.39, 0.29) is 21.9 Å². The molecular formula is C13H12ClN3O4S. The van der Waals surface area contributed by atoms with Gasteiger partial charge in [0.2, 0.25) is 10.0 Å². The lowest BCUT2D eigenvalue weighted by Crippen LogP contribution is -2.12. The van der Waals surface area contributed by atoms with Gasteiger partial charge >= 0.3 is 0 Å². The molecule has 3 rings (SSSR count). The summed E-state index contributed by atoms with van der Waals surface area (Å²) in [6.45, 7) is 0.589. The fourth-order valence-electron chi connectivity index (χ4n) is 2.79. The van der Waals surface area contributed by atoms with E-state index in [1.807, 2.05) is 0 Å². The number of fused-ring (bicyclic) bond motifs is 3. The van der Waals surface area contributed by atoms with E-state index in [0.717, 1.165) is 5.56 Å². The van der Waals surface area contributed by atoms with Crippen molar-refractivity contribution in [3.05, 3.63) is 39.9 Å². The molecule has 1 heterocycles. The molecule has 9 heteroatoms. The van der Waals surface area contributed by atoms with Gasteiger partial charge in [0, 0.05) is 30.1 Å². The van der Waals surface area contributed by atoms with Crippen LogP contribution in [0.4, 0.5) is 11.4 Å². The van der Waals surface area contributed by atoms with Gasteiger partial charge in [-0.15, -0.1) is 11.6 Å². The first-order valence-electron chi connectivity index (χ1n) is 6.40. The van der Waals surface area contributed by atoms with Gasteiger partial charge in [0.1, 0.15) is 0 Å². The molecule has 0 radical (unpaired) electrons. The highest BCUT2D eigenvalue weighted by Crippen LogP contribution is 2.42. The molecule has 7 nitrogen and oxygen atoms in total. The van der Waals surface area contributed by atoms with E-state index in [1.165, 1.54) is 18.2 Å². The van der Waals surface area contributed by atoms with Gasteiger partial charge in [0.05, 0.1) is 15.2 Å². The molecule has 2 aromatic rings. The Morgan fingerprint density at radius 1 is 1.36 bits per heavy atom. The number of nitrogens with two attached hydrogens (primary N) is 1. The molecule has 0 amide bonds. The zero-order valence-electron chi connectivity index (χ0n) is 11.2. The van der Waals surface area contributed by atoms with Crippen molar-refractivity contribution in [3.63, 3.8) is 0 Å². The van der Waals surface area contributed by atoms with Crippen molar-refractivity contribution >= 4 is 43.8 Å². The first-order valence-corrected chi connectivity index (χ1v) is 8.48. The van der Waals surface area contributed by atoms with Crippen molar-refractivity contribution in [1.82, 2.24) is 0 Å². The second-order valence-corrected chi connectivity index (χ2v) is 6.97. The molecule has 0 aliphatic carbocycles. The number of primary sulfonamides is 1. The van der Waals surface area contributed by atoms with E-state index in [2.05, 4.69) is 5.32 Å². The average Bonchev–Trinajstić information content (AvgIpc) is 2.87. The lowest BCUT2D eigenvalue weighted by Gasteiger charge is -2.11. The summed E-state index contributed by atoms with van der Waals surface area (Å²) in [6, 6.07) is 5.56. The SMILES string of the molecule is NS(=O)(=O)c1ccc2c3c(cc([N+](=O)[O-])c2c1)NCC3CCl. The summed E-state index contributed by atoms with van der Waals surface area (Å²) < 4.78 is 23.0. The van der Waals surface area contributed by atoms with Crippen molar-refractivity contribution in [2.24, 2.45) is 5.14 Å². The van der Waals surface area contributed by atoms with Gasteiger partial charge in [-0.05, 0) is 23.1 Å². The van der Waals surface area contributed by atoms with Crippen LogP contribution in [0.25, 0.3) is 10.8 Å². The van der Waals surface area contributed by atoms with Crippen LogP contribution in [0.15, 0.2) is 29.2 Å². The van der Waals surface area contributed by atoms with Crippen molar-refractivity contribution < 1.29 is 13.3 Å². The van der Waals surface area contributed by atoms with Crippen LogP contribution in [-0.2, 0) is 10.0 Å². The third-order valence-electron chi connectivity index (χ3n) is 3.79. The predicted octanol–water partition coefficient (Wildman–Crippen LogP) is 2.14. The minimum absolute atomic E-state index is 0.0142. The van der Waals surface area contributed by atoms with Gasteiger partial charge in [0.25, 0.3) is 5.69 Å². The predicted molar refractivity (Wildman–Crippen MR) is 83.9 cm³/mol. The molecule has 0 fully saturated rings. The van der Waals surface area contributed by atoms with Crippen molar-refractivity contribution in [2.75, 3.05) is 17.7 Å². The molecule has 0 aromatic heterocycles. The summed E-state index contributed by atoms with van der Waals surface area (Å²) in [5.41, 5.74) is 1.37. The van der Waals surface area contributed by atoms with Crippen LogP contribution in [-0.4, -0.2) is 25.8 Å². The zero-order valence-corrected chi connectivity index (χ0v) is 12.8. The lowest BCUT2D eigenvalue weighted by atomic mass is 9.95. The number of anilines is 1. The van der Waals surface area contributed by atoms with Crippen LogP contribution in [0.3, 0.4) is 0 Å². The second kappa shape index (κ2) is 5.08. The lowest BCUT2D eigenvalue weighted by molar-refractivity contribution is -0.383. The van der Waals surface area contributed by atoms with E-state index in [0.29, 0.717) is 23.5 Å². The molecule has 2 aromatic carbocycles. The van der Waals surface area contributed by atoms with Crippen LogP contribution >= 0.6 is 11.6 Å². The highest BCUT2D eigenvalue weighted by Gasteiger charge is 2.28. The number of halogens is 1. The first kappa shape index (κ1) is 15.0. The number of non-ortho nitro benzene ring substituents is 1. The van der Waals surface area contributed by atoms with Gasteiger partial charge in [-0.25, -0.2) is 13.6 Å². The molecule has 0 bridgehead atoms.